The summed E-state index contributed by atoms with van der Waals surface area (Å²) in [5.74, 6) is -2.78. The molecule has 2 aromatic rings. The van der Waals surface area contributed by atoms with Gasteiger partial charge in [-0.05, 0) is 13.1 Å². The van der Waals surface area contributed by atoms with Gasteiger partial charge < -0.3 is 10.1 Å². The molecule has 1 N–H and O–H groups in total. The van der Waals surface area contributed by atoms with Crippen LogP contribution in [0.3, 0.4) is 0 Å². The van der Waals surface area contributed by atoms with Gasteiger partial charge in [-0.15, -0.1) is 0 Å². The van der Waals surface area contributed by atoms with E-state index in [-0.39, 0.29) is 5.56 Å². The highest BCUT2D eigenvalue weighted by atomic mass is 35.5. The van der Waals surface area contributed by atoms with Crippen LogP contribution in [-0.2, 0) is 12.5 Å². The number of alkyl halides is 2. The van der Waals surface area contributed by atoms with E-state index in [0.29, 0.717) is 17.3 Å². The second kappa shape index (κ2) is 6.87. The van der Waals surface area contributed by atoms with Crippen molar-refractivity contribution >= 4 is 11.6 Å². The molecule has 0 atom stereocenters. The van der Waals surface area contributed by atoms with Gasteiger partial charge >= 0.3 is 5.92 Å². The van der Waals surface area contributed by atoms with Gasteiger partial charge in [0.25, 0.3) is 0 Å². The Hall–Kier alpha value is -1.65. The fourth-order valence-corrected chi connectivity index (χ4v) is 2.22. The van der Waals surface area contributed by atoms with Crippen LogP contribution in [0.5, 0.6) is 5.75 Å². The fourth-order valence-electron chi connectivity index (χ4n) is 1.97. The average Bonchev–Trinajstić information content (AvgIpc) is 2.48. The lowest BCUT2D eigenvalue weighted by Crippen LogP contribution is -2.23. The first-order valence-electron chi connectivity index (χ1n) is 6.53. The normalized spacial score (nSPS) is 11.4. The number of hydrogen-bond acceptors (Lipinski definition) is 2. The third kappa shape index (κ3) is 3.93. The fraction of sp³-hybridized carbons (Fsp3) is 0.250. The predicted molar refractivity (Wildman–Crippen MR) is 80.0 cm³/mol. The summed E-state index contributed by atoms with van der Waals surface area (Å²) in [4.78, 5) is 0. The summed E-state index contributed by atoms with van der Waals surface area (Å²) in [6.45, 7) is -0.260. The highest BCUT2D eigenvalue weighted by Gasteiger charge is 2.32. The second-order valence-electron chi connectivity index (χ2n) is 4.62. The Labute approximate surface area is 127 Å². The molecule has 0 unspecified atom stereocenters. The molecule has 0 bridgehead atoms. The van der Waals surface area contributed by atoms with E-state index in [4.69, 9.17) is 16.3 Å². The van der Waals surface area contributed by atoms with Crippen LogP contribution in [-0.4, -0.2) is 13.7 Å². The number of benzene rings is 2. The maximum absolute atomic E-state index is 14.1. The van der Waals surface area contributed by atoms with Crippen LogP contribution in [0, 0.1) is 0 Å². The highest BCUT2D eigenvalue weighted by molar-refractivity contribution is 6.32. The molecule has 21 heavy (non-hydrogen) atoms. The van der Waals surface area contributed by atoms with Crippen molar-refractivity contribution in [2.24, 2.45) is 0 Å². The van der Waals surface area contributed by atoms with Crippen LogP contribution in [0.25, 0.3) is 0 Å². The first kappa shape index (κ1) is 15.7. The van der Waals surface area contributed by atoms with E-state index >= 15 is 0 Å². The van der Waals surface area contributed by atoms with Crippen molar-refractivity contribution in [1.82, 2.24) is 5.32 Å². The monoisotopic (exact) mass is 311 g/mol. The zero-order valence-corrected chi connectivity index (χ0v) is 12.3. The molecule has 2 aromatic carbocycles. The Morgan fingerprint density at radius 2 is 1.81 bits per heavy atom. The molecular formula is C16H16ClF2NO. The van der Waals surface area contributed by atoms with Crippen molar-refractivity contribution in [2.45, 2.75) is 12.5 Å². The molecule has 0 aliphatic carbocycles. The summed E-state index contributed by atoms with van der Waals surface area (Å²) in [7, 11) is 1.77. The van der Waals surface area contributed by atoms with Gasteiger partial charge in [0.1, 0.15) is 5.75 Å². The lowest BCUT2D eigenvalue weighted by molar-refractivity contribution is -0.0469. The van der Waals surface area contributed by atoms with E-state index in [9.17, 15) is 8.78 Å². The van der Waals surface area contributed by atoms with Gasteiger partial charge in [-0.3, -0.25) is 0 Å². The maximum Gasteiger partial charge on any atom is 0.306 e. The van der Waals surface area contributed by atoms with Gasteiger partial charge in [0, 0.05) is 17.7 Å². The summed E-state index contributed by atoms with van der Waals surface area (Å²) >= 11 is 6.04. The van der Waals surface area contributed by atoms with Crippen molar-refractivity contribution < 1.29 is 13.5 Å². The van der Waals surface area contributed by atoms with Crippen molar-refractivity contribution in [3.63, 3.8) is 0 Å². The van der Waals surface area contributed by atoms with Gasteiger partial charge in [0.05, 0.1) is 5.02 Å². The van der Waals surface area contributed by atoms with Crippen LogP contribution in [0.1, 0.15) is 11.1 Å². The molecule has 0 saturated heterocycles. The van der Waals surface area contributed by atoms with E-state index < -0.39 is 12.5 Å². The molecule has 2 rings (SSSR count). The van der Waals surface area contributed by atoms with Crippen molar-refractivity contribution in [3.8, 4) is 5.75 Å². The van der Waals surface area contributed by atoms with Crippen molar-refractivity contribution in [1.29, 1.82) is 0 Å². The quantitative estimate of drug-likeness (QED) is 0.862. The SMILES string of the molecule is CNCc1cccc(Cl)c1OCC(F)(F)c1ccccc1. The second-order valence-corrected chi connectivity index (χ2v) is 5.02. The lowest BCUT2D eigenvalue weighted by Gasteiger charge is -2.19. The third-order valence-corrected chi connectivity index (χ3v) is 3.31. The predicted octanol–water partition coefficient (Wildman–Crippen LogP) is 4.23. The highest BCUT2D eigenvalue weighted by Crippen LogP contribution is 2.33. The van der Waals surface area contributed by atoms with E-state index in [1.807, 2.05) is 0 Å². The molecule has 5 heteroatoms. The molecule has 0 saturated carbocycles. The van der Waals surface area contributed by atoms with E-state index in [1.54, 1.807) is 43.4 Å². The Bertz CT molecular complexity index is 590. The largest absolute Gasteiger partial charge is 0.485 e. The standard InChI is InChI=1S/C16H16ClF2NO/c1-20-10-12-6-5-9-14(17)15(12)21-11-16(18,19)13-7-3-2-4-8-13/h2-9,20H,10-11H2,1H3. The molecule has 112 valence electrons. The molecule has 0 aliphatic heterocycles. The number of hydrogen-bond donors (Lipinski definition) is 1. The Morgan fingerprint density at radius 3 is 2.48 bits per heavy atom. The topological polar surface area (TPSA) is 21.3 Å². The van der Waals surface area contributed by atoms with Crippen LogP contribution < -0.4 is 10.1 Å². The van der Waals surface area contributed by atoms with Gasteiger partial charge in [-0.1, -0.05) is 54.1 Å². The minimum atomic E-state index is -3.07. The number of halogens is 3. The molecule has 0 radical (unpaired) electrons. The smallest absolute Gasteiger partial charge is 0.306 e. The summed E-state index contributed by atoms with van der Waals surface area (Å²) in [6.07, 6.45) is 0. The van der Waals surface area contributed by atoms with Gasteiger partial charge in [0.2, 0.25) is 0 Å². The average molecular weight is 312 g/mol. The summed E-state index contributed by atoms with van der Waals surface area (Å²) in [5.41, 5.74) is 0.668. The third-order valence-electron chi connectivity index (χ3n) is 3.01. The zero-order chi connectivity index (χ0) is 15.3. The Balaban J connectivity index is 2.16. The summed E-state index contributed by atoms with van der Waals surface area (Å²) < 4.78 is 33.5. The number of rotatable bonds is 6. The zero-order valence-electron chi connectivity index (χ0n) is 11.6. The molecule has 0 fully saturated rings. The van der Waals surface area contributed by atoms with Crippen molar-refractivity contribution in [2.75, 3.05) is 13.7 Å². The molecule has 0 aliphatic rings. The Kier molecular flexibility index (Phi) is 5.15. The molecular weight excluding hydrogens is 296 g/mol. The van der Waals surface area contributed by atoms with Gasteiger partial charge in [-0.2, -0.15) is 8.78 Å². The first-order chi connectivity index (χ1) is 10.0. The lowest BCUT2D eigenvalue weighted by atomic mass is 10.1. The molecule has 0 spiro atoms. The Morgan fingerprint density at radius 1 is 1.10 bits per heavy atom. The maximum atomic E-state index is 14.1. The van der Waals surface area contributed by atoms with E-state index in [1.165, 1.54) is 12.1 Å². The molecule has 0 aromatic heterocycles. The number of nitrogens with one attached hydrogen (secondary N) is 1. The van der Waals surface area contributed by atoms with E-state index in [2.05, 4.69) is 5.32 Å². The number of para-hydroxylation sites is 1. The van der Waals surface area contributed by atoms with Gasteiger partial charge in [0.15, 0.2) is 6.61 Å². The molecule has 0 heterocycles. The van der Waals surface area contributed by atoms with Gasteiger partial charge in [-0.25, -0.2) is 0 Å². The number of ether oxygens (including phenoxy) is 1. The minimum Gasteiger partial charge on any atom is -0.485 e. The minimum absolute atomic E-state index is 0.0766. The summed E-state index contributed by atoms with van der Waals surface area (Å²) in [6, 6.07) is 12.8. The van der Waals surface area contributed by atoms with Crippen molar-refractivity contribution in [3.05, 3.63) is 64.7 Å². The van der Waals surface area contributed by atoms with Crippen LogP contribution in [0.2, 0.25) is 5.02 Å². The first-order valence-corrected chi connectivity index (χ1v) is 6.90. The van der Waals surface area contributed by atoms with Crippen LogP contribution >= 0.6 is 11.6 Å². The van der Waals surface area contributed by atoms with Crippen LogP contribution in [0.15, 0.2) is 48.5 Å². The molecule has 0 amide bonds. The van der Waals surface area contributed by atoms with E-state index in [0.717, 1.165) is 5.56 Å². The molecule has 2 nitrogen and oxygen atoms in total. The summed E-state index contributed by atoms with van der Waals surface area (Å²) in [5, 5.41) is 3.28. The van der Waals surface area contributed by atoms with Crippen LogP contribution in [0.4, 0.5) is 8.78 Å².